The zero-order valence-electron chi connectivity index (χ0n) is 8.03. The van der Waals surface area contributed by atoms with Crippen LogP contribution in [0.3, 0.4) is 0 Å². The molecule has 0 spiro atoms. The van der Waals surface area contributed by atoms with Crippen molar-refractivity contribution < 1.29 is 9.90 Å². The first kappa shape index (κ1) is 11.7. The van der Waals surface area contributed by atoms with Gasteiger partial charge in [-0.3, -0.25) is 4.79 Å². The highest BCUT2D eigenvalue weighted by Gasteiger charge is 2.07. The maximum atomic E-state index is 10.1. The van der Waals surface area contributed by atoms with Crippen LogP contribution in [0.15, 0.2) is 18.7 Å². The van der Waals surface area contributed by atoms with Gasteiger partial charge in [-0.05, 0) is 6.42 Å². The summed E-state index contributed by atoms with van der Waals surface area (Å²) in [6.07, 6.45) is 6.82. The van der Waals surface area contributed by atoms with Gasteiger partial charge in [0.05, 0.1) is 12.2 Å². The monoisotopic (exact) mass is 184 g/mol. The van der Waals surface area contributed by atoms with Crippen LogP contribution in [-0.4, -0.2) is 21.0 Å². The average molecular weight is 184 g/mol. The normalized spacial score (nSPS) is 11.2. The zero-order chi connectivity index (χ0) is 10.1. The lowest BCUT2D eigenvalue weighted by molar-refractivity contribution is -0.141. The second kappa shape index (κ2) is 7.34. The highest BCUT2D eigenvalue weighted by Crippen LogP contribution is 2.03. The first-order chi connectivity index (χ1) is 6.18. The summed E-state index contributed by atoms with van der Waals surface area (Å²) in [5.41, 5.74) is 0. The second-order valence-electron chi connectivity index (χ2n) is 2.79. The van der Waals surface area contributed by atoms with Crippen LogP contribution < -0.4 is 0 Å². The van der Waals surface area contributed by atoms with Crippen LogP contribution in [0.5, 0.6) is 0 Å². The summed E-state index contributed by atoms with van der Waals surface area (Å²) in [5, 5.41) is 8.31. The first-order valence-corrected chi connectivity index (χ1v) is 4.34. The molecule has 13 heavy (non-hydrogen) atoms. The number of hydrogen-bond donors (Lipinski definition) is 2. The van der Waals surface area contributed by atoms with Gasteiger partial charge < -0.3 is 10.1 Å². The molecule has 0 saturated carbocycles. The number of aromatic nitrogens is 2. The minimum atomic E-state index is -0.688. The number of carboxylic acids is 1. The van der Waals surface area contributed by atoms with E-state index in [0.29, 0.717) is 0 Å². The number of nitrogens with one attached hydrogen (secondary N) is 1. The van der Waals surface area contributed by atoms with Crippen molar-refractivity contribution in [2.45, 2.75) is 26.7 Å². The quantitative estimate of drug-likeness (QED) is 0.754. The number of rotatable bonds is 3. The van der Waals surface area contributed by atoms with Crippen LogP contribution in [0.1, 0.15) is 26.7 Å². The summed E-state index contributed by atoms with van der Waals surface area (Å²) in [6, 6.07) is 0. The van der Waals surface area contributed by atoms with E-state index in [0.717, 1.165) is 12.8 Å². The Balaban J connectivity index is 0.000000243. The highest BCUT2D eigenvalue weighted by molar-refractivity contribution is 5.69. The standard InChI is InChI=1S/C6H12O2.C3H4N2/c1-3-4-5(2)6(7)8;1-2-5-3-4-1/h5H,3-4H2,1-2H3,(H,7,8);1-3H,(H,4,5). The summed E-state index contributed by atoms with van der Waals surface area (Å²) in [6.45, 7) is 3.71. The molecular formula is C9H16N2O2. The predicted molar refractivity (Wildman–Crippen MR) is 50.3 cm³/mol. The molecule has 0 aliphatic heterocycles. The highest BCUT2D eigenvalue weighted by atomic mass is 16.4. The topological polar surface area (TPSA) is 66.0 Å². The Morgan fingerprint density at radius 1 is 1.69 bits per heavy atom. The van der Waals surface area contributed by atoms with Gasteiger partial charge in [-0.15, -0.1) is 0 Å². The van der Waals surface area contributed by atoms with E-state index >= 15 is 0 Å². The third-order valence-electron chi connectivity index (χ3n) is 1.55. The van der Waals surface area contributed by atoms with Gasteiger partial charge in [0.2, 0.25) is 0 Å². The summed E-state index contributed by atoms with van der Waals surface area (Å²) in [7, 11) is 0. The second-order valence-corrected chi connectivity index (χ2v) is 2.79. The van der Waals surface area contributed by atoms with E-state index in [2.05, 4.69) is 9.97 Å². The minimum absolute atomic E-state index is 0.167. The Kier molecular flexibility index (Phi) is 6.59. The van der Waals surface area contributed by atoms with Crippen molar-refractivity contribution in [2.75, 3.05) is 0 Å². The lowest BCUT2D eigenvalue weighted by atomic mass is 10.1. The number of nitrogens with zero attached hydrogens (tertiary/aromatic N) is 1. The summed E-state index contributed by atoms with van der Waals surface area (Å²) in [5.74, 6) is -0.855. The molecule has 1 aromatic heterocycles. The number of carboxylic acid groups (broad SMARTS) is 1. The number of imidazole rings is 1. The molecule has 4 heteroatoms. The molecule has 0 fully saturated rings. The Morgan fingerprint density at radius 2 is 2.38 bits per heavy atom. The van der Waals surface area contributed by atoms with Gasteiger partial charge in [0.25, 0.3) is 0 Å². The molecule has 2 N–H and O–H groups in total. The number of aromatic amines is 1. The molecule has 0 aromatic carbocycles. The molecule has 0 amide bonds. The Bertz CT molecular complexity index is 192. The molecule has 0 bridgehead atoms. The third kappa shape index (κ3) is 7.05. The van der Waals surface area contributed by atoms with Crippen molar-refractivity contribution >= 4 is 5.97 Å². The molecular weight excluding hydrogens is 168 g/mol. The van der Waals surface area contributed by atoms with Crippen molar-refractivity contribution in [3.05, 3.63) is 18.7 Å². The van der Waals surface area contributed by atoms with Crippen molar-refractivity contribution in [2.24, 2.45) is 5.92 Å². The van der Waals surface area contributed by atoms with Crippen LogP contribution in [0.4, 0.5) is 0 Å². The maximum Gasteiger partial charge on any atom is 0.306 e. The molecule has 74 valence electrons. The Morgan fingerprint density at radius 3 is 2.54 bits per heavy atom. The Labute approximate surface area is 78.0 Å². The molecule has 0 aliphatic rings. The number of carbonyl (C=O) groups is 1. The van der Waals surface area contributed by atoms with E-state index in [4.69, 9.17) is 5.11 Å². The van der Waals surface area contributed by atoms with Crippen molar-refractivity contribution in [1.29, 1.82) is 0 Å². The van der Waals surface area contributed by atoms with Crippen LogP contribution in [0, 0.1) is 5.92 Å². The molecule has 1 unspecified atom stereocenters. The third-order valence-corrected chi connectivity index (χ3v) is 1.55. The minimum Gasteiger partial charge on any atom is -0.481 e. The van der Waals surface area contributed by atoms with E-state index in [9.17, 15) is 4.79 Å². The van der Waals surface area contributed by atoms with Gasteiger partial charge in [-0.1, -0.05) is 20.3 Å². The fourth-order valence-corrected chi connectivity index (χ4v) is 0.772. The van der Waals surface area contributed by atoms with Crippen LogP contribution in [0.25, 0.3) is 0 Å². The maximum absolute atomic E-state index is 10.1. The number of aliphatic carboxylic acids is 1. The largest absolute Gasteiger partial charge is 0.481 e. The molecule has 0 aliphatic carbocycles. The van der Waals surface area contributed by atoms with E-state index < -0.39 is 5.97 Å². The lowest BCUT2D eigenvalue weighted by Gasteiger charge is -2.00. The molecule has 1 atom stereocenters. The first-order valence-electron chi connectivity index (χ1n) is 4.34. The molecule has 1 aromatic rings. The van der Waals surface area contributed by atoms with Crippen LogP contribution in [-0.2, 0) is 4.79 Å². The smallest absolute Gasteiger partial charge is 0.306 e. The Hall–Kier alpha value is -1.32. The summed E-state index contributed by atoms with van der Waals surface area (Å²) >= 11 is 0. The molecule has 1 heterocycles. The fourth-order valence-electron chi connectivity index (χ4n) is 0.772. The number of H-pyrrole nitrogens is 1. The molecule has 1 rings (SSSR count). The van der Waals surface area contributed by atoms with Crippen molar-refractivity contribution in [3.63, 3.8) is 0 Å². The van der Waals surface area contributed by atoms with Gasteiger partial charge in [0, 0.05) is 12.4 Å². The van der Waals surface area contributed by atoms with Crippen LogP contribution >= 0.6 is 0 Å². The lowest BCUT2D eigenvalue weighted by Crippen LogP contribution is -2.08. The zero-order valence-corrected chi connectivity index (χ0v) is 8.03. The van der Waals surface area contributed by atoms with Crippen molar-refractivity contribution in [1.82, 2.24) is 9.97 Å². The SMILES string of the molecule is CCCC(C)C(=O)O.c1c[nH]cn1. The van der Waals surface area contributed by atoms with E-state index in [1.807, 2.05) is 6.92 Å². The van der Waals surface area contributed by atoms with Gasteiger partial charge >= 0.3 is 5.97 Å². The van der Waals surface area contributed by atoms with Crippen LogP contribution in [0.2, 0.25) is 0 Å². The van der Waals surface area contributed by atoms with Crippen molar-refractivity contribution in [3.8, 4) is 0 Å². The van der Waals surface area contributed by atoms with Gasteiger partial charge in [-0.25, -0.2) is 4.98 Å². The number of hydrogen-bond acceptors (Lipinski definition) is 2. The van der Waals surface area contributed by atoms with E-state index in [1.54, 1.807) is 25.6 Å². The molecule has 0 radical (unpaired) electrons. The van der Waals surface area contributed by atoms with Gasteiger partial charge in [-0.2, -0.15) is 0 Å². The summed E-state index contributed by atoms with van der Waals surface area (Å²) in [4.78, 5) is 16.5. The van der Waals surface area contributed by atoms with E-state index in [1.165, 1.54) is 0 Å². The average Bonchev–Trinajstić information content (AvgIpc) is 2.61. The predicted octanol–water partition coefficient (Wildman–Crippen LogP) is 1.92. The fraction of sp³-hybridized carbons (Fsp3) is 0.556. The van der Waals surface area contributed by atoms with Gasteiger partial charge in [0.1, 0.15) is 0 Å². The molecule has 0 saturated heterocycles. The summed E-state index contributed by atoms with van der Waals surface area (Å²) < 4.78 is 0. The molecule has 4 nitrogen and oxygen atoms in total. The van der Waals surface area contributed by atoms with Gasteiger partial charge in [0.15, 0.2) is 0 Å². The van der Waals surface area contributed by atoms with E-state index in [-0.39, 0.29) is 5.92 Å².